The van der Waals surface area contributed by atoms with E-state index in [1.807, 2.05) is 42.5 Å². The Bertz CT molecular complexity index is 584. The van der Waals surface area contributed by atoms with Crippen molar-refractivity contribution >= 4 is 29.0 Å². The van der Waals surface area contributed by atoms with Gasteiger partial charge in [-0.05, 0) is 11.5 Å². The van der Waals surface area contributed by atoms with Crippen LogP contribution < -0.4 is 10.5 Å². The number of aliphatic hydroxyl groups excluding tert-OH is 1. The lowest BCUT2D eigenvalue weighted by atomic mass is 10.1. The van der Waals surface area contributed by atoms with Gasteiger partial charge in [-0.2, -0.15) is 0 Å². The zero-order chi connectivity index (χ0) is 13.7. The first-order valence-electron chi connectivity index (χ1n) is 5.95. The number of halogens is 1. The maximum Gasteiger partial charge on any atom is 0.141 e. The molecule has 0 aliphatic carbocycles. The lowest BCUT2D eigenvalue weighted by Gasteiger charge is -2.13. The van der Waals surface area contributed by atoms with Crippen LogP contribution >= 0.6 is 12.4 Å². The first-order valence-corrected chi connectivity index (χ1v) is 5.95. The monoisotopic (exact) mass is 296 g/mol. The average Bonchev–Trinajstić information content (AvgIpc) is 2.44. The van der Waals surface area contributed by atoms with Crippen LogP contribution in [0.3, 0.4) is 0 Å². The third kappa shape index (κ3) is 4.01. The van der Waals surface area contributed by atoms with Gasteiger partial charge in [0.05, 0.1) is 6.10 Å². The number of aliphatic hydroxyl groups is 1. The molecule has 4 N–H and O–H groups in total. The van der Waals surface area contributed by atoms with Gasteiger partial charge in [0.2, 0.25) is 0 Å². The van der Waals surface area contributed by atoms with Crippen molar-refractivity contribution in [1.82, 2.24) is 0 Å². The Labute approximate surface area is 123 Å². The number of hydrogen-bond acceptors (Lipinski definition) is 4. The van der Waals surface area contributed by atoms with Crippen molar-refractivity contribution in [3.05, 3.63) is 42.5 Å². The van der Waals surface area contributed by atoms with Gasteiger partial charge < -0.3 is 20.8 Å². The van der Waals surface area contributed by atoms with Crippen molar-refractivity contribution in [1.29, 1.82) is 0 Å². The van der Waals surface area contributed by atoms with Crippen LogP contribution in [0, 0.1) is 0 Å². The molecule has 0 aliphatic heterocycles. The zero-order valence-electron chi connectivity index (χ0n) is 10.8. The van der Waals surface area contributed by atoms with Gasteiger partial charge in [-0.1, -0.05) is 41.6 Å². The predicted octanol–water partition coefficient (Wildman–Crippen LogP) is 2.14. The molecular weight excluding hydrogens is 280 g/mol. The summed E-state index contributed by atoms with van der Waals surface area (Å²) in [5.41, 5.74) is 5.32. The summed E-state index contributed by atoms with van der Waals surface area (Å²) in [5.74, 6) is 0.686. The van der Waals surface area contributed by atoms with E-state index in [4.69, 9.17) is 15.7 Å². The number of rotatable bonds is 5. The highest BCUT2D eigenvalue weighted by Crippen LogP contribution is 2.25. The second kappa shape index (κ2) is 7.57. The van der Waals surface area contributed by atoms with E-state index < -0.39 is 6.10 Å². The lowest BCUT2D eigenvalue weighted by molar-refractivity contribution is 0.113. The van der Waals surface area contributed by atoms with Gasteiger partial charge >= 0.3 is 0 Å². The van der Waals surface area contributed by atoms with Gasteiger partial charge in [0.1, 0.15) is 18.2 Å². The summed E-state index contributed by atoms with van der Waals surface area (Å²) < 4.78 is 5.58. The molecule has 0 aromatic heterocycles. The van der Waals surface area contributed by atoms with Crippen LogP contribution in [-0.4, -0.2) is 28.9 Å². The average molecular weight is 297 g/mol. The minimum Gasteiger partial charge on any atom is -0.490 e. The van der Waals surface area contributed by atoms with Gasteiger partial charge in [0, 0.05) is 11.8 Å². The maximum absolute atomic E-state index is 9.69. The maximum atomic E-state index is 9.69. The van der Waals surface area contributed by atoms with Gasteiger partial charge in [-0.15, -0.1) is 12.4 Å². The normalized spacial score (nSPS) is 12.8. The molecule has 0 saturated heterocycles. The summed E-state index contributed by atoms with van der Waals surface area (Å²) >= 11 is 0. The van der Waals surface area contributed by atoms with Crippen LogP contribution in [0.25, 0.3) is 10.8 Å². The molecule has 6 heteroatoms. The van der Waals surface area contributed by atoms with E-state index in [-0.39, 0.29) is 31.3 Å². The van der Waals surface area contributed by atoms with Gasteiger partial charge in [0.25, 0.3) is 0 Å². The van der Waals surface area contributed by atoms with Crippen molar-refractivity contribution in [3.63, 3.8) is 0 Å². The van der Waals surface area contributed by atoms with E-state index in [2.05, 4.69) is 5.16 Å². The van der Waals surface area contributed by atoms with Crippen LogP contribution in [0.15, 0.2) is 47.6 Å². The fraction of sp³-hybridized carbons (Fsp3) is 0.214. The SMILES string of the molecule is Cl.N/C(C[C@H](O)COc1cccc2ccccc12)=N\O. The standard InChI is InChI=1S/C14H16N2O3.ClH/c15-14(16-18)8-11(17)9-19-13-7-3-5-10-4-1-2-6-12(10)13;/h1-7,11,17-18H,8-9H2,(H2,15,16);1H/t11-;/m0./s1. The van der Waals surface area contributed by atoms with E-state index in [0.717, 1.165) is 10.8 Å². The topological polar surface area (TPSA) is 88.1 Å². The van der Waals surface area contributed by atoms with Crippen LogP contribution in [0.4, 0.5) is 0 Å². The molecule has 0 unspecified atom stereocenters. The Kier molecular flexibility index (Phi) is 6.09. The molecule has 0 heterocycles. The number of nitrogens with two attached hydrogens (primary N) is 1. The molecular formula is C14H17ClN2O3. The molecule has 0 radical (unpaired) electrons. The number of fused-ring (bicyclic) bond motifs is 1. The van der Waals surface area contributed by atoms with E-state index in [1.165, 1.54) is 0 Å². The molecule has 2 rings (SSSR count). The molecule has 20 heavy (non-hydrogen) atoms. The van der Waals surface area contributed by atoms with Crippen LogP contribution in [0.2, 0.25) is 0 Å². The Hall–Kier alpha value is -1.98. The van der Waals surface area contributed by atoms with E-state index in [9.17, 15) is 5.11 Å². The van der Waals surface area contributed by atoms with Crippen LogP contribution in [-0.2, 0) is 0 Å². The molecule has 2 aromatic carbocycles. The zero-order valence-corrected chi connectivity index (χ0v) is 11.6. The van der Waals surface area contributed by atoms with Crippen molar-refractivity contribution < 1.29 is 15.1 Å². The number of ether oxygens (including phenoxy) is 1. The molecule has 0 spiro atoms. The minimum absolute atomic E-state index is 0. The third-order valence-electron chi connectivity index (χ3n) is 2.75. The van der Waals surface area contributed by atoms with E-state index in [0.29, 0.717) is 5.75 Å². The van der Waals surface area contributed by atoms with Gasteiger partial charge in [-0.3, -0.25) is 0 Å². The molecule has 1 atom stereocenters. The molecule has 0 saturated carbocycles. The smallest absolute Gasteiger partial charge is 0.141 e. The number of benzene rings is 2. The summed E-state index contributed by atoms with van der Waals surface area (Å²) in [6.45, 7) is 0.0875. The Morgan fingerprint density at radius 1 is 1.20 bits per heavy atom. The molecule has 108 valence electrons. The number of oxime groups is 1. The molecule has 5 nitrogen and oxygen atoms in total. The van der Waals surface area contributed by atoms with Crippen molar-refractivity contribution in [2.24, 2.45) is 10.9 Å². The number of amidine groups is 1. The highest BCUT2D eigenvalue weighted by Gasteiger charge is 2.09. The highest BCUT2D eigenvalue weighted by atomic mass is 35.5. The number of nitrogens with zero attached hydrogens (tertiary/aromatic N) is 1. The van der Waals surface area contributed by atoms with Gasteiger partial charge in [0.15, 0.2) is 0 Å². The third-order valence-corrected chi connectivity index (χ3v) is 2.75. The van der Waals surface area contributed by atoms with E-state index >= 15 is 0 Å². The molecule has 0 aliphatic rings. The second-order valence-corrected chi connectivity index (χ2v) is 4.24. The quantitative estimate of drug-likeness (QED) is 0.341. The van der Waals surface area contributed by atoms with Crippen molar-refractivity contribution in [2.75, 3.05) is 6.61 Å². The fourth-order valence-corrected chi connectivity index (χ4v) is 1.85. The lowest BCUT2D eigenvalue weighted by Crippen LogP contribution is -2.25. The Balaban J connectivity index is 0.00000200. The second-order valence-electron chi connectivity index (χ2n) is 4.24. The van der Waals surface area contributed by atoms with Crippen molar-refractivity contribution in [2.45, 2.75) is 12.5 Å². The summed E-state index contributed by atoms with van der Waals surface area (Å²) in [6, 6.07) is 13.6. The predicted molar refractivity (Wildman–Crippen MR) is 80.7 cm³/mol. The van der Waals surface area contributed by atoms with Gasteiger partial charge in [-0.25, -0.2) is 0 Å². The van der Waals surface area contributed by atoms with Crippen LogP contribution in [0.1, 0.15) is 6.42 Å². The van der Waals surface area contributed by atoms with Crippen LogP contribution in [0.5, 0.6) is 5.75 Å². The van der Waals surface area contributed by atoms with E-state index in [1.54, 1.807) is 0 Å². The van der Waals surface area contributed by atoms with Crippen molar-refractivity contribution in [3.8, 4) is 5.75 Å². The molecule has 0 bridgehead atoms. The first-order chi connectivity index (χ1) is 9.20. The summed E-state index contributed by atoms with van der Waals surface area (Å²) in [6.07, 6.45) is -0.740. The Morgan fingerprint density at radius 2 is 1.90 bits per heavy atom. The fourth-order valence-electron chi connectivity index (χ4n) is 1.85. The first kappa shape index (κ1) is 16.1. The number of hydrogen-bond donors (Lipinski definition) is 3. The summed E-state index contributed by atoms with van der Waals surface area (Å²) in [5, 5.41) is 23.0. The molecule has 2 aromatic rings. The minimum atomic E-state index is -0.810. The largest absolute Gasteiger partial charge is 0.490 e. The Morgan fingerprint density at radius 3 is 2.65 bits per heavy atom. The highest BCUT2D eigenvalue weighted by molar-refractivity contribution is 5.88. The molecule has 0 fully saturated rings. The summed E-state index contributed by atoms with van der Waals surface area (Å²) in [7, 11) is 0. The molecule has 0 amide bonds. The summed E-state index contributed by atoms with van der Waals surface area (Å²) in [4.78, 5) is 0.